The molecule has 0 saturated heterocycles. The van der Waals surface area contributed by atoms with Crippen molar-refractivity contribution in [2.75, 3.05) is 13.2 Å². The number of alkyl halides is 6. The van der Waals surface area contributed by atoms with Crippen LogP contribution < -0.4 is 0 Å². The SMILES string of the molecule is CCCCCC[Si](CCCCCC)(OCC(F)(F)F)OCC(F)(F)F. The molecule has 0 fully saturated rings. The zero-order valence-corrected chi connectivity index (χ0v) is 16.1. The summed E-state index contributed by atoms with van der Waals surface area (Å²) in [5.74, 6) is 0. The van der Waals surface area contributed by atoms with Crippen LogP contribution in [-0.4, -0.2) is 34.1 Å². The molecule has 0 aromatic rings. The molecule has 0 aliphatic carbocycles. The van der Waals surface area contributed by atoms with Gasteiger partial charge >= 0.3 is 20.9 Å². The van der Waals surface area contributed by atoms with Crippen molar-refractivity contribution in [2.24, 2.45) is 0 Å². The van der Waals surface area contributed by atoms with Crippen molar-refractivity contribution in [1.29, 1.82) is 0 Å². The van der Waals surface area contributed by atoms with Crippen molar-refractivity contribution < 1.29 is 35.2 Å². The Labute approximate surface area is 147 Å². The summed E-state index contributed by atoms with van der Waals surface area (Å²) in [7, 11) is -3.56. The molecule has 0 radical (unpaired) electrons. The van der Waals surface area contributed by atoms with Crippen LogP contribution in [0, 0.1) is 0 Å². The normalized spacial score (nSPS) is 13.4. The van der Waals surface area contributed by atoms with E-state index in [9.17, 15) is 26.3 Å². The average molecular weight is 396 g/mol. The first kappa shape index (κ1) is 24.7. The number of halogens is 6. The summed E-state index contributed by atoms with van der Waals surface area (Å²) in [5, 5.41) is 0. The first-order valence-electron chi connectivity index (χ1n) is 8.95. The molecule has 0 rings (SSSR count). The Balaban J connectivity index is 4.99. The van der Waals surface area contributed by atoms with E-state index in [0.717, 1.165) is 38.5 Å². The molecule has 0 aliphatic heterocycles. The Kier molecular flexibility index (Phi) is 12.0. The molecule has 0 saturated carbocycles. The lowest BCUT2D eigenvalue weighted by Gasteiger charge is -2.32. The topological polar surface area (TPSA) is 18.5 Å². The van der Waals surface area contributed by atoms with Gasteiger partial charge in [0.2, 0.25) is 0 Å². The number of unbranched alkanes of at least 4 members (excludes halogenated alkanes) is 6. The Morgan fingerprint density at radius 1 is 0.600 bits per heavy atom. The second kappa shape index (κ2) is 12.2. The van der Waals surface area contributed by atoms with Gasteiger partial charge in [-0.2, -0.15) is 26.3 Å². The molecule has 9 heteroatoms. The van der Waals surface area contributed by atoms with Gasteiger partial charge in [-0.15, -0.1) is 0 Å². The van der Waals surface area contributed by atoms with Crippen molar-refractivity contribution in [3.63, 3.8) is 0 Å². The van der Waals surface area contributed by atoms with E-state index in [0.29, 0.717) is 12.8 Å². The third-order valence-corrected chi connectivity index (χ3v) is 7.39. The van der Waals surface area contributed by atoms with Gasteiger partial charge in [0.05, 0.1) is 0 Å². The maximum atomic E-state index is 12.6. The lowest BCUT2D eigenvalue weighted by atomic mass is 10.2. The van der Waals surface area contributed by atoms with Crippen molar-refractivity contribution in [1.82, 2.24) is 0 Å². The van der Waals surface area contributed by atoms with Gasteiger partial charge in [0.1, 0.15) is 13.2 Å². The van der Waals surface area contributed by atoms with Crippen LogP contribution in [0.3, 0.4) is 0 Å². The molecule has 0 N–H and O–H groups in total. The highest BCUT2D eigenvalue weighted by Crippen LogP contribution is 2.30. The Hall–Kier alpha value is -0.283. The highest BCUT2D eigenvalue weighted by atomic mass is 28.4. The van der Waals surface area contributed by atoms with E-state index in [2.05, 4.69) is 0 Å². The minimum absolute atomic E-state index is 0.172. The Morgan fingerprint density at radius 2 is 0.960 bits per heavy atom. The van der Waals surface area contributed by atoms with Crippen molar-refractivity contribution in [3.05, 3.63) is 0 Å². The fraction of sp³-hybridized carbons (Fsp3) is 1.00. The van der Waals surface area contributed by atoms with Crippen molar-refractivity contribution >= 4 is 8.56 Å². The van der Waals surface area contributed by atoms with Gasteiger partial charge in [0.25, 0.3) is 0 Å². The molecular weight excluding hydrogens is 366 g/mol. The summed E-state index contributed by atoms with van der Waals surface area (Å²) >= 11 is 0. The average Bonchev–Trinajstić information content (AvgIpc) is 2.50. The molecule has 0 atom stereocenters. The molecule has 25 heavy (non-hydrogen) atoms. The maximum absolute atomic E-state index is 12.6. The molecule has 0 aromatic carbocycles. The van der Waals surface area contributed by atoms with Crippen LogP contribution in [0.25, 0.3) is 0 Å². The van der Waals surface area contributed by atoms with Crippen LogP contribution >= 0.6 is 0 Å². The molecule has 0 spiro atoms. The first-order chi connectivity index (χ1) is 11.5. The van der Waals surface area contributed by atoms with Gasteiger partial charge in [-0.05, 0) is 12.1 Å². The molecule has 0 aromatic heterocycles. The predicted molar refractivity (Wildman–Crippen MR) is 87.7 cm³/mol. The molecule has 0 unspecified atom stereocenters. The van der Waals surface area contributed by atoms with Gasteiger partial charge < -0.3 is 8.85 Å². The van der Waals surface area contributed by atoms with E-state index in [-0.39, 0.29) is 12.1 Å². The molecule has 0 bridgehead atoms. The van der Waals surface area contributed by atoms with Crippen LogP contribution in [-0.2, 0) is 8.85 Å². The Bertz CT molecular complexity index is 302. The van der Waals surface area contributed by atoms with Gasteiger partial charge in [-0.1, -0.05) is 65.2 Å². The second-order valence-electron chi connectivity index (χ2n) is 6.34. The van der Waals surface area contributed by atoms with Crippen LogP contribution in [0.5, 0.6) is 0 Å². The van der Waals surface area contributed by atoms with Gasteiger partial charge in [-0.3, -0.25) is 0 Å². The summed E-state index contributed by atoms with van der Waals surface area (Å²) in [6.07, 6.45) is -2.95. The second-order valence-corrected chi connectivity index (χ2v) is 9.74. The van der Waals surface area contributed by atoms with Crippen LogP contribution in [0.2, 0.25) is 12.1 Å². The minimum atomic E-state index is -4.58. The quantitative estimate of drug-likeness (QED) is 0.184. The van der Waals surface area contributed by atoms with Crippen molar-refractivity contribution in [2.45, 2.75) is 89.7 Å². The van der Waals surface area contributed by atoms with E-state index in [4.69, 9.17) is 8.85 Å². The lowest BCUT2D eigenvalue weighted by Crippen LogP contribution is -2.46. The predicted octanol–water partition coefficient (Wildman–Crippen LogP) is 6.75. The summed E-state index contributed by atoms with van der Waals surface area (Å²) in [6, 6.07) is 0.344. The molecular formula is C16H30F6O2Si. The van der Waals surface area contributed by atoms with E-state index in [1.54, 1.807) is 0 Å². The standard InChI is InChI=1S/C16H30F6O2Si/c1-3-5-7-9-11-25(12-10-8-6-4-2,23-13-15(17,18)19)24-14-16(20,21)22/h3-14H2,1-2H3. The van der Waals surface area contributed by atoms with Crippen LogP contribution in [0.1, 0.15) is 65.2 Å². The number of rotatable bonds is 14. The monoisotopic (exact) mass is 396 g/mol. The Morgan fingerprint density at radius 3 is 1.24 bits per heavy atom. The van der Waals surface area contributed by atoms with Gasteiger partial charge in [0.15, 0.2) is 0 Å². The van der Waals surface area contributed by atoms with Gasteiger partial charge in [-0.25, -0.2) is 0 Å². The highest BCUT2D eigenvalue weighted by Gasteiger charge is 2.43. The van der Waals surface area contributed by atoms with Gasteiger partial charge in [0, 0.05) is 0 Å². The summed E-state index contributed by atoms with van der Waals surface area (Å²) in [4.78, 5) is 0. The molecule has 0 amide bonds. The largest absolute Gasteiger partial charge is 0.410 e. The fourth-order valence-corrected chi connectivity index (χ4v) is 5.87. The van der Waals surface area contributed by atoms with E-state index in [1.165, 1.54) is 0 Å². The third kappa shape index (κ3) is 14.6. The first-order valence-corrected chi connectivity index (χ1v) is 11.2. The molecule has 0 aliphatic rings. The summed E-state index contributed by atoms with van der Waals surface area (Å²) in [6.45, 7) is 0.878. The number of hydrogen-bond donors (Lipinski definition) is 0. The summed E-state index contributed by atoms with van der Waals surface area (Å²) in [5.41, 5.74) is 0. The zero-order chi connectivity index (χ0) is 19.4. The molecule has 2 nitrogen and oxygen atoms in total. The third-order valence-electron chi connectivity index (χ3n) is 3.82. The van der Waals surface area contributed by atoms with Crippen LogP contribution in [0.15, 0.2) is 0 Å². The van der Waals surface area contributed by atoms with Crippen LogP contribution in [0.4, 0.5) is 26.3 Å². The molecule has 152 valence electrons. The highest BCUT2D eigenvalue weighted by molar-refractivity contribution is 6.67. The zero-order valence-electron chi connectivity index (χ0n) is 15.1. The fourth-order valence-electron chi connectivity index (χ4n) is 2.52. The smallest absolute Gasteiger partial charge is 0.385 e. The minimum Gasteiger partial charge on any atom is -0.385 e. The number of hydrogen-bond acceptors (Lipinski definition) is 2. The van der Waals surface area contributed by atoms with E-state index >= 15 is 0 Å². The lowest BCUT2D eigenvalue weighted by molar-refractivity contribution is -0.172. The van der Waals surface area contributed by atoms with Crippen molar-refractivity contribution in [3.8, 4) is 0 Å². The summed E-state index contributed by atoms with van der Waals surface area (Å²) < 4.78 is 85.5. The molecule has 0 heterocycles. The maximum Gasteiger partial charge on any atom is 0.410 e. The van der Waals surface area contributed by atoms with E-state index in [1.807, 2.05) is 13.8 Å². The van der Waals surface area contributed by atoms with E-state index < -0.39 is 34.1 Å².